The van der Waals surface area contributed by atoms with Crippen LogP contribution in [0.2, 0.25) is 0 Å². The van der Waals surface area contributed by atoms with Gasteiger partial charge >= 0.3 is 0 Å². The van der Waals surface area contributed by atoms with Gasteiger partial charge in [0.2, 0.25) is 0 Å². The Labute approximate surface area is 480 Å². The van der Waals surface area contributed by atoms with E-state index in [1.807, 2.05) is 123 Å². The molecule has 13 rings (SSSR count). The topological polar surface area (TPSA) is 218 Å². The number of benzene rings is 5. The van der Waals surface area contributed by atoms with Gasteiger partial charge in [-0.25, -0.2) is 39.7 Å². The van der Waals surface area contributed by atoms with E-state index in [-0.39, 0.29) is 9.79 Å². The summed E-state index contributed by atoms with van der Waals surface area (Å²) in [5, 5.41) is 16.4. The lowest BCUT2D eigenvalue weighted by molar-refractivity contribution is 0.416. The number of rotatable bonds is 12. The van der Waals surface area contributed by atoms with Gasteiger partial charge in [-0.1, -0.05) is 90.0 Å². The molecular formula is C62H51BrN10O7S2. The van der Waals surface area contributed by atoms with Crippen LogP contribution < -0.4 is 14.2 Å². The Kier molecular flexibility index (Phi) is 15.1. The molecule has 0 fully saturated rings. The second kappa shape index (κ2) is 22.8. The number of aryl methyl sites for hydroxylation is 2. The normalized spacial score (nSPS) is 11.5. The van der Waals surface area contributed by atoms with Crippen molar-refractivity contribution in [1.29, 1.82) is 0 Å². The number of H-pyrrole nitrogens is 3. The van der Waals surface area contributed by atoms with Crippen LogP contribution in [0.15, 0.2) is 215 Å². The van der Waals surface area contributed by atoms with Gasteiger partial charge in [-0.3, -0.25) is 10.2 Å². The Bertz CT molecular complexity index is 4660. The molecule has 8 heterocycles. The van der Waals surface area contributed by atoms with Crippen LogP contribution in [0.1, 0.15) is 11.1 Å². The number of hydrogen-bond donors (Lipinski definition) is 3. The zero-order valence-electron chi connectivity index (χ0n) is 44.7. The van der Waals surface area contributed by atoms with Crippen molar-refractivity contribution in [2.75, 3.05) is 21.3 Å². The summed E-state index contributed by atoms with van der Waals surface area (Å²) in [5.74, 6) is 2.15. The SMILES string of the molecule is COc1ccccc1-c1c[nH]c2ncc(-c3ccn[nH]3)cc12.COc1ccccc1-c1cn(S(=O)(=O)c2ccc(C)cc2)c2ncc(-c3ccn[nH]3)cc12.COc1ccccc1-c1cn(S(=O)(=O)c2ccc(C)cc2)c2ncc(Br)cc12. The summed E-state index contributed by atoms with van der Waals surface area (Å²) in [6.07, 6.45) is 13.6. The highest BCUT2D eigenvalue weighted by atomic mass is 79.9. The molecular weight excluding hydrogens is 1140 g/mol. The highest BCUT2D eigenvalue weighted by molar-refractivity contribution is 9.10. The molecule has 5 aromatic carbocycles. The van der Waals surface area contributed by atoms with Crippen LogP contribution in [0.3, 0.4) is 0 Å². The van der Waals surface area contributed by atoms with Gasteiger partial charge < -0.3 is 19.2 Å². The molecule has 0 spiro atoms. The largest absolute Gasteiger partial charge is 0.496 e. The fourth-order valence-corrected chi connectivity index (χ4v) is 12.5. The summed E-state index contributed by atoms with van der Waals surface area (Å²) in [5.41, 5.74) is 12.2. The molecule has 0 atom stereocenters. The Morgan fingerprint density at radius 2 is 0.878 bits per heavy atom. The molecule has 0 aliphatic heterocycles. The molecule has 8 aromatic heterocycles. The molecule has 0 aliphatic carbocycles. The van der Waals surface area contributed by atoms with Gasteiger partial charge in [0, 0.05) is 115 Å². The van der Waals surface area contributed by atoms with E-state index in [0.717, 1.165) is 88.1 Å². The summed E-state index contributed by atoms with van der Waals surface area (Å²) in [6.45, 7) is 3.83. The molecule has 20 heteroatoms. The smallest absolute Gasteiger partial charge is 0.269 e. The Morgan fingerprint density at radius 3 is 1.33 bits per heavy atom. The maximum absolute atomic E-state index is 13.5. The number of pyridine rings is 3. The van der Waals surface area contributed by atoms with Crippen LogP contribution in [0.5, 0.6) is 17.2 Å². The molecule has 0 radical (unpaired) electrons. The zero-order chi connectivity index (χ0) is 57.1. The second-order valence-corrected chi connectivity index (χ2v) is 23.3. The van der Waals surface area contributed by atoms with Crippen LogP contribution in [0.4, 0.5) is 0 Å². The first-order valence-electron chi connectivity index (χ1n) is 25.5. The summed E-state index contributed by atoms with van der Waals surface area (Å²) >= 11 is 3.43. The molecule has 13 aromatic rings. The van der Waals surface area contributed by atoms with E-state index in [4.69, 9.17) is 14.2 Å². The molecule has 0 saturated carbocycles. The van der Waals surface area contributed by atoms with Gasteiger partial charge in [-0.05, 0) is 103 Å². The average molecular weight is 1190 g/mol. The van der Waals surface area contributed by atoms with E-state index in [1.54, 1.807) is 107 Å². The van der Waals surface area contributed by atoms with Crippen molar-refractivity contribution < 1.29 is 31.0 Å². The average Bonchev–Trinajstić information content (AvgIpc) is 4.55. The Morgan fingerprint density at radius 1 is 0.463 bits per heavy atom. The van der Waals surface area contributed by atoms with Crippen LogP contribution >= 0.6 is 15.9 Å². The third kappa shape index (κ3) is 10.5. The van der Waals surface area contributed by atoms with Gasteiger partial charge in [0.15, 0.2) is 11.3 Å². The number of methoxy groups -OCH3 is 3. The summed E-state index contributed by atoms with van der Waals surface area (Å²) < 4.78 is 73.5. The summed E-state index contributed by atoms with van der Waals surface area (Å²) in [4.78, 5) is 17.1. The first-order chi connectivity index (χ1) is 39.8. The molecule has 0 aliphatic rings. The molecule has 410 valence electrons. The highest BCUT2D eigenvalue weighted by Crippen LogP contribution is 2.41. The maximum Gasteiger partial charge on any atom is 0.269 e. The third-order valence-corrected chi connectivity index (χ3v) is 17.5. The first-order valence-corrected chi connectivity index (χ1v) is 29.1. The van der Waals surface area contributed by atoms with E-state index in [9.17, 15) is 16.8 Å². The number of fused-ring (bicyclic) bond motifs is 3. The number of aromatic nitrogens is 10. The van der Waals surface area contributed by atoms with Crippen LogP contribution in [-0.4, -0.2) is 86.4 Å². The van der Waals surface area contributed by atoms with Crippen LogP contribution in [-0.2, 0) is 20.0 Å². The Hall–Kier alpha value is -9.63. The van der Waals surface area contributed by atoms with Crippen molar-refractivity contribution in [3.8, 4) is 73.1 Å². The van der Waals surface area contributed by atoms with Gasteiger partial charge in [0.05, 0.1) is 42.5 Å². The molecule has 3 N–H and O–H groups in total. The van der Waals surface area contributed by atoms with E-state index < -0.39 is 20.0 Å². The van der Waals surface area contributed by atoms with E-state index in [2.05, 4.69) is 62.3 Å². The van der Waals surface area contributed by atoms with Gasteiger partial charge in [0.25, 0.3) is 20.0 Å². The molecule has 0 unspecified atom stereocenters. The summed E-state index contributed by atoms with van der Waals surface area (Å²) in [6, 6.07) is 46.2. The molecule has 82 heavy (non-hydrogen) atoms. The number of nitrogens with one attached hydrogen (secondary N) is 3. The molecule has 0 amide bonds. The highest BCUT2D eigenvalue weighted by Gasteiger charge is 2.26. The lowest BCUT2D eigenvalue weighted by atomic mass is 10.0. The number of nitrogens with zero attached hydrogens (tertiary/aromatic N) is 7. The van der Waals surface area contributed by atoms with Crippen molar-refractivity contribution in [3.63, 3.8) is 0 Å². The zero-order valence-corrected chi connectivity index (χ0v) is 48.0. The van der Waals surface area contributed by atoms with Crippen molar-refractivity contribution >= 4 is 69.1 Å². The first kappa shape index (κ1) is 54.3. The fourth-order valence-electron chi connectivity index (χ4n) is 9.53. The third-order valence-electron chi connectivity index (χ3n) is 13.7. The second-order valence-electron chi connectivity index (χ2n) is 18.8. The quantitative estimate of drug-likeness (QED) is 0.104. The number of para-hydroxylation sites is 3. The van der Waals surface area contributed by atoms with Crippen molar-refractivity contribution in [2.24, 2.45) is 0 Å². The van der Waals surface area contributed by atoms with Crippen LogP contribution in [0, 0.1) is 13.8 Å². The number of aromatic amines is 3. The van der Waals surface area contributed by atoms with Gasteiger partial charge in [-0.2, -0.15) is 10.2 Å². The predicted octanol–water partition coefficient (Wildman–Crippen LogP) is 13.3. The Balaban J connectivity index is 0.000000131. The van der Waals surface area contributed by atoms with Crippen LogP contribution in [0.25, 0.3) is 89.0 Å². The minimum Gasteiger partial charge on any atom is -0.496 e. The monoisotopic (exact) mass is 1190 g/mol. The molecule has 17 nitrogen and oxygen atoms in total. The van der Waals surface area contributed by atoms with Crippen molar-refractivity contribution in [3.05, 3.63) is 217 Å². The standard InChI is InChI=1S/C24H20N4O3S.C21H17BrN2O3S.C17H14N4O/c1-16-7-9-18(10-8-16)32(29,30)28-15-21(19-5-3-4-6-23(19)31-2)20-13-17(14-25-24(20)28)22-11-12-26-27-22;1-14-7-9-16(10-8-14)28(25,26)24-13-19(17-5-3-4-6-20(17)27-2)18-11-15(22)12-23-21(18)24;1-22-16-5-3-2-4-12(16)14-10-19-17-13(14)8-11(9-18-17)15-6-7-20-21-15/h3-15H,1-2H3,(H,26,27);3-13H,1-2H3;2-10H,1H3,(H,18,19)(H,20,21). The van der Waals surface area contributed by atoms with E-state index >= 15 is 0 Å². The van der Waals surface area contributed by atoms with Gasteiger partial charge in [-0.15, -0.1) is 0 Å². The number of ether oxygens (including phenoxy) is 3. The van der Waals surface area contributed by atoms with E-state index in [1.165, 1.54) is 7.94 Å². The maximum atomic E-state index is 13.5. The van der Waals surface area contributed by atoms with E-state index in [0.29, 0.717) is 33.7 Å². The summed E-state index contributed by atoms with van der Waals surface area (Å²) in [7, 11) is -2.80. The van der Waals surface area contributed by atoms with Crippen molar-refractivity contribution in [1.82, 2.24) is 48.3 Å². The number of hydrogen-bond acceptors (Lipinski definition) is 12. The predicted molar refractivity (Wildman–Crippen MR) is 322 cm³/mol. The van der Waals surface area contributed by atoms with Gasteiger partial charge in [0.1, 0.15) is 22.9 Å². The fraction of sp³-hybridized carbons (Fsp3) is 0.0806. The molecule has 0 saturated heterocycles. The van der Waals surface area contributed by atoms with Crippen molar-refractivity contribution in [2.45, 2.75) is 23.6 Å². The lowest BCUT2D eigenvalue weighted by Crippen LogP contribution is -2.12. The molecule has 0 bridgehead atoms. The minimum absolute atomic E-state index is 0.200. The minimum atomic E-state index is -3.86. The number of halogens is 1. The lowest BCUT2D eigenvalue weighted by Gasteiger charge is -2.07.